The first-order valence-corrected chi connectivity index (χ1v) is 10.5. The first kappa shape index (κ1) is 19.9. The molecule has 152 valence electrons. The van der Waals surface area contributed by atoms with Crippen LogP contribution in [0.25, 0.3) is 11.1 Å². The summed E-state index contributed by atoms with van der Waals surface area (Å²) >= 11 is 6.09. The summed E-state index contributed by atoms with van der Waals surface area (Å²) in [6, 6.07) is 15.4. The predicted octanol–water partition coefficient (Wildman–Crippen LogP) is 4.22. The highest BCUT2D eigenvalue weighted by Crippen LogP contribution is 2.27. The number of rotatable bonds is 4. The van der Waals surface area contributed by atoms with Gasteiger partial charge in [0, 0.05) is 36.3 Å². The molecule has 0 spiro atoms. The van der Waals surface area contributed by atoms with Crippen molar-refractivity contribution in [3.8, 4) is 11.1 Å². The van der Waals surface area contributed by atoms with E-state index in [1.807, 2.05) is 53.4 Å². The van der Waals surface area contributed by atoms with Gasteiger partial charge in [-0.15, -0.1) is 0 Å². The fourth-order valence-corrected chi connectivity index (χ4v) is 4.23. The van der Waals surface area contributed by atoms with Crippen molar-refractivity contribution >= 4 is 29.1 Å². The molecule has 0 saturated carbocycles. The van der Waals surface area contributed by atoms with Gasteiger partial charge < -0.3 is 15.0 Å². The van der Waals surface area contributed by atoms with Crippen molar-refractivity contribution in [3.63, 3.8) is 0 Å². The summed E-state index contributed by atoms with van der Waals surface area (Å²) in [5.74, 6) is 0.114. The molecule has 2 amide bonds. The molecule has 0 bridgehead atoms. The van der Waals surface area contributed by atoms with Crippen molar-refractivity contribution in [1.82, 2.24) is 4.90 Å². The van der Waals surface area contributed by atoms with Crippen LogP contribution in [0.4, 0.5) is 5.69 Å². The average molecular weight is 413 g/mol. The van der Waals surface area contributed by atoms with Crippen molar-refractivity contribution in [2.24, 2.45) is 11.8 Å². The van der Waals surface area contributed by atoms with Gasteiger partial charge in [0.25, 0.3) is 0 Å². The maximum Gasteiger partial charge on any atom is 0.228 e. The van der Waals surface area contributed by atoms with E-state index in [1.54, 1.807) is 0 Å². The summed E-state index contributed by atoms with van der Waals surface area (Å²) in [4.78, 5) is 27.1. The van der Waals surface area contributed by atoms with Crippen LogP contribution < -0.4 is 5.32 Å². The lowest BCUT2D eigenvalue weighted by molar-refractivity contribution is -0.138. The quantitative estimate of drug-likeness (QED) is 0.817. The van der Waals surface area contributed by atoms with Crippen LogP contribution in [0.3, 0.4) is 0 Å². The zero-order valence-electron chi connectivity index (χ0n) is 16.3. The van der Waals surface area contributed by atoms with Gasteiger partial charge in [-0.25, -0.2) is 0 Å². The summed E-state index contributed by atoms with van der Waals surface area (Å²) in [5.41, 5.74) is 2.79. The van der Waals surface area contributed by atoms with Gasteiger partial charge in [-0.3, -0.25) is 9.59 Å². The molecular formula is C23H25ClN2O3. The monoisotopic (exact) mass is 412 g/mol. The molecule has 4 rings (SSSR count). The minimum Gasteiger partial charge on any atom is -0.381 e. The number of carbonyl (C=O) groups is 2. The number of hydrogen-bond acceptors (Lipinski definition) is 3. The van der Waals surface area contributed by atoms with Crippen LogP contribution >= 0.6 is 11.6 Å². The van der Waals surface area contributed by atoms with Gasteiger partial charge in [0.05, 0.1) is 12.5 Å². The molecule has 1 unspecified atom stereocenters. The number of carbonyl (C=O) groups excluding carboxylic acids is 2. The van der Waals surface area contributed by atoms with Gasteiger partial charge >= 0.3 is 0 Å². The molecule has 2 heterocycles. The number of hydrogen-bond donors (Lipinski definition) is 1. The second kappa shape index (κ2) is 8.97. The van der Waals surface area contributed by atoms with E-state index in [-0.39, 0.29) is 23.7 Å². The highest BCUT2D eigenvalue weighted by Gasteiger charge is 2.32. The lowest BCUT2D eigenvalue weighted by Crippen LogP contribution is -2.44. The topological polar surface area (TPSA) is 58.6 Å². The molecule has 0 aromatic heterocycles. The number of benzene rings is 2. The largest absolute Gasteiger partial charge is 0.381 e. The zero-order chi connectivity index (χ0) is 20.2. The lowest BCUT2D eigenvalue weighted by Gasteiger charge is -2.32. The Morgan fingerprint density at radius 1 is 0.966 bits per heavy atom. The minimum atomic E-state index is -0.0753. The van der Waals surface area contributed by atoms with Crippen molar-refractivity contribution < 1.29 is 14.3 Å². The third kappa shape index (κ3) is 4.80. The number of anilines is 1. The highest BCUT2D eigenvalue weighted by atomic mass is 35.5. The van der Waals surface area contributed by atoms with E-state index < -0.39 is 0 Å². The number of nitrogens with one attached hydrogen (secondary N) is 1. The van der Waals surface area contributed by atoms with Gasteiger partial charge in [-0.05, 0) is 54.7 Å². The molecule has 2 aliphatic rings. The van der Waals surface area contributed by atoms with Gasteiger partial charge in [0.2, 0.25) is 11.8 Å². The fraction of sp³-hybridized carbons (Fsp3) is 0.391. The normalized spacial score (nSPS) is 19.9. The van der Waals surface area contributed by atoms with Crippen LogP contribution in [0, 0.1) is 11.8 Å². The Balaban J connectivity index is 1.34. The van der Waals surface area contributed by atoms with Gasteiger partial charge in [-0.1, -0.05) is 35.9 Å². The van der Waals surface area contributed by atoms with Crippen molar-refractivity contribution in [2.75, 3.05) is 31.6 Å². The molecule has 6 heteroatoms. The number of halogens is 1. The van der Waals surface area contributed by atoms with Gasteiger partial charge in [0.1, 0.15) is 0 Å². The molecule has 29 heavy (non-hydrogen) atoms. The predicted molar refractivity (Wildman–Crippen MR) is 114 cm³/mol. The molecular weight excluding hydrogens is 388 g/mol. The van der Waals surface area contributed by atoms with Crippen molar-refractivity contribution in [2.45, 2.75) is 19.3 Å². The molecule has 2 aliphatic heterocycles. The third-order valence-corrected chi connectivity index (χ3v) is 5.98. The summed E-state index contributed by atoms with van der Waals surface area (Å²) in [6.07, 6.45) is 2.19. The second-order valence-electron chi connectivity index (χ2n) is 7.74. The van der Waals surface area contributed by atoms with Crippen LogP contribution in [0.2, 0.25) is 5.02 Å². The Bertz CT molecular complexity index is 887. The first-order valence-electron chi connectivity index (χ1n) is 10.1. The summed E-state index contributed by atoms with van der Waals surface area (Å²) in [7, 11) is 0. The Morgan fingerprint density at radius 2 is 1.69 bits per heavy atom. The van der Waals surface area contributed by atoms with Gasteiger partial charge in [0.15, 0.2) is 0 Å². The lowest BCUT2D eigenvalue weighted by atomic mass is 9.94. The second-order valence-corrected chi connectivity index (χ2v) is 8.18. The number of piperidine rings is 1. The van der Waals surface area contributed by atoms with E-state index in [9.17, 15) is 9.59 Å². The maximum atomic E-state index is 12.7. The summed E-state index contributed by atoms with van der Waals surface area (Å²) in [5, 5.41) is 3.72. The molecule has 5 nitrogen and oxygen atoms in total. The maximum absolute atomic E-state index is 12.7. The molecule has 2 aromatic rings. The highest BCUT2D eigenvalue weighted by molar-refractivity contribution is 6.30. The van der Waals surface area contributed by atoms with Crippen molar-refractivity contribution in [3.05, 3.63) is 53.6 Å². The molecule has 0 radical (unpaired) electrons. The molecule has 2 saturated heterocycles. The van der Waals surface area contributed by atoms with Gasteiger partial charge in [-0.2, -0.15) is 0 Å². The Morgan fingerprint density at radius 3 is 2.38 bits per heavy atom. The Kier molecular flexibility index (Phi) is 6.16. The fourth-order valence-electron chi connectivity index (χ4n) is 4.04. The molecule has 1 N–H and O–H groups in total. The van der Waals surface area contributed by atoms with E-state index in [0.717, 1.165) is 23.2 Å². The van der Waals surface area contributed by atoms with Crippen LogP contribution in [-0.4, -0.2) is 43.0 Å². The number of amides is 2. The van der Waals surface area contributed by atoms with Crippen LogP contribution in [-0.2, 0) is 14.3 Å². The average Bonchev–Trinajstić information content (AvgIpc) is 3.28. The third-order valence-electron chi connectivity index (χ3n) is 5.74. The minimum absolute atomic E-state index is 0.00499. The van der Waals surface area contributed by atoms with E-state index in [1.165, 1.54) is 0 Å². The van der Waals surface area contributed by atoms with E-state index >= 15 is 0 Å². The number of likely N-dealkylation sites (tertiary alicyclic amines) is 1. The number of ether oxygens (including phenoxy) is 1. The molecule has 2 aromatic carbocycles. The van der Waals surface area contributed by atoms with Crippen LogP contribution in [0.5, 0.6) is 0 Å². The molecule has 2 fully saturated rings. The zero-order valence-corrected chi connectivity index (χ0v) is 17.0. The standard InChI is InChI=1S/C23H25ClN2O3/c24-20-5-1-3-17(13-20)18-4-2-6-21(14-18)25-22(27)16-7-10-26(11-8-16)23(28)19-9-12-29-15-19/h1-6,13-14,16,19H,7-12,15H2,(H,25,27). The van der Waals surface area contributed by atoms with E-state index in [2.05, 4.69) is 5.32 Å². The van der Waals surface area contributed by atoms with E-state index in [4.69, 9.17) is 16.3 Å². The van der Waals surface area contributed by atoms with Crippen molar-refractivity contribution in [1.29, 1.82) is 0 Å². The first-order chi connectivity index (χ1) is 14.1. The van der Waals surface area contributed by atoms with Crippen LogP contribution in [0.1, 0.15) is 19.3 Å². The van der Waals surface area contributed by atoms with Crippen LogP contribution in [0.15, 0.2) is 48.5 Å². The number of nitrogens with zero attached hydrogens (tertiary/aromatic N) is 1. The summed E-state index contributed by atoms with van der Waals surface area (Å²) < 4.78 is 5.32. The molecule has 1 atom stereocenters. The Labute approximate surface area is 176 Å². The molecule has 0 aliphatic carbocycles. The SMILES string of the molecule is O=C(Nc1cccc(-c2cccc(Cl)c2)c1)C1CCN(C(=O)C2CCOC2)CC1. The summed E-state index contributed by atoms with van der Waals surface area (Å²) in [6.45, 7) is 2.47. The Hall–Kier alpha value is -2.37. The van der Waals surface area contributed by atoms with E-state index in [0.29, 0.717) is 44.2 Å². The smallest absolute Gasteiger partial charge is 0.228 e.